The summed E-state index contributed by atoms with van der Waals surface area (Å²) >= 11 is 3.28. The first kappa shape index (κ1) is 19.8. The Labute approximate surface area is 170 Å². The number of sulfonamides is 1. The third kappa shape index (κ3) is 4.87. The molecule has 0 amide bonds. The number of carbonyl (C=O) groups is 2. The highest BCUT2D eigenvalue weighted by Crippen LogP contribution is 2.15. The van der Waals surface area contributed by atoms with Gasteiger partial charge in [0.25, 0.3) is 10.0 Å². The summed E-state index contributed by atoms with van der Waals surface area (Å²) in [6.07, 6.45) is 2.04. The summed E-state index contributed by atoms with van der Waals surface area (Å²) in [6.45, 7) is 0. The van der Waals surface area contributed by atoms with Gasteiger partial charge in [0.05, 0.1) is 16.9 Å². The Hall–Kier alpha value is -2.91. The van der Waals surface area contributed by atoms with Gasteiger partial charge in [-0.15, -0.1) is 0 Å². The lowest BCUT2D eigenvalue weighted by molar-refractivity contribution is 0.0894. The molecule has 0 fully saturated rings. The van der Waals surface area contributed by atoms with Crippen molar-refractivity contribution in [1.82, 2.24) is 9.97 Å². The average Bonchev–Trinajstić information content (AvgIpc) is 2.69. The number of aromatic nitrogens is 2. The minimum atomic E-state index is -3.82. The Morgan fingerprint density at radius 2 is 1.43 bits per heavy atom. The number of rotatable bonds is 7. The molecule has 142 valence electrons. The number of benzene rings is 2. The van der Waals surface area contributed by atoms with Crippen LogP contribution in [-0.4, -0.2) is 30.0 Å². The van der Waals surface area contributed by atoms with E-state index in [-0.39, 0.29) is 28.6 Å². The van der Waals surface area contributed by atoms with E-state index in [2.05, 4.69) is 30.6 Å². The van der Waals surface area contributed by atoms with Crippen LogP contribution in [0.2, 0.25) is 0 Å². The Morgan fingerprint density at radius 3 is 2.04 bits per heavy atom. The lowest BCUT2D eigenvalue weighted by atomic mass is 10.0. The molecule has 1 aromatic heterocycles. The topological polar surface area (TPSA) is 106 Å². The molecule has 0 atom stereocenters. The van der Waals surface area contributed by atoms with Crippen molar-refractivity contribution >= 4 is 43.5 Å². The first-order chi connectivity index (χ1) is 13.3. The van der Waals surface area contributed by atoms with Gasteiger partial charge >= 0.3 is 0 Å². The number of ketones is 2. The van der Waals surface area contributed by atoms with Gasteiger partial charge in [-0.25, -0.2) is 23.1 Å². The maximum atomic E-state index is 12.3. The van der Waals surface area contributed by atoms with Crippen LogP contribution in [0.3, 0.4) is 0 Å². The van der Waals surface area contributed by atoms with Gasteiger partial charge in [-0.3, -0.25) is 9.59 Å². The second-order valence-electron chi connectivity index (χ2n) is 5.74. The zero-order chi connectivity index (χ0) is 20.1. The minimum Gasteiger partial charge on any atom is -0.294 e. The molecule has 0 saturated heterocycles. The van der Waals surface area contributed by atoms with E-state index in [0.717, 1.165) is 4.47 Å². The molecule has 1 heterocycles. The van der Waals surface area contributed by atoms with Crippen LogP contribution in [0.15, 0.2) is 76.4 Å². The Kier molecular flexibility index (Phi) is 5.96. The normalized spacial score (nSPS) is 11.0. The fraction of sp³-hybridized carbons (Fsp3) is 0.0526. The van der Waals surface area contributed by atoms with Gasteiger partial charge in [0.15, 0.2) is 11.6 Å². The van der Waals surface area contributed by atoms with E-state index in [1.165, 1.54) is 24.5 Å². The number of Topliss-reactive ketones (excluding diaryl/α,β-unsaturated/α-hetero) is 2. The van der Waals surface area contributed by atoms with Gasteiger partial charge in [0.1, 0.15) is 0 Å². The third-order valence-corrected chi connectivity index (χ3v) is 5.61. The monoisotopic (exact) mass is 459 g/mol. The van der Waals surface area contributed by atoms with Gasteiger partial charge in [0.2, 0.25) is 5.95 Å². The molecule has 0 aliphatic heterocycles. The number of anilines is 1. The molecule has 28 heavy (non-hydrogen) atoms. The van der Waals surface area contributed by atoms with Crippen LogP contribution < -0.4 is 4.72 Å². The van der Waals surface area contributed by atoms with E-state index >= 15 is 0 Å². The van der Waals surface area contributed by atoms with E-state index in [1.807, 2.05) is 0 Å². The fourth-order valence-electron chi connectivity index (χ4n) is 2.29. The second-order valence-corrected chi connectivity index (χ2v) is 8.34. The summed E-state index contributed by atoms with van der Waals surface area (Å²) in [5, 5.41) is 0. The minimum absolute atomic E-state index is 0.0684. The number of hydrogen-bond donors (Lipinski definition) is 1. The van der Waals surface area contributed by atoms with Crippen LogP contribution in [-0.2, 0) is 10.0 Å². The van der Waals surface area contributed by atoms with Crippen molar-refractivity contribution in [3.05, 3.63) is 82.6 Å². The summed E-state index contributed by atoms with van der Waals surface area (Å²) in [6, 6.07) is 14.4. The lowest BCUT2D eigenvalue weighted by Crippen LogP contribution is -2.15. The Morgan fingerprint density at radius 1 is 0.857 bits per heavy atom. The molecule has 2 aromatic carbocycles. The predicted octanol–water partition coefficient (Wildman–Crippen LogP) is 3.50. The van der Waals surface area contributed by atoms with Gasteiger partial charge in [-0.05, 0) is 24.3 Å². The van der Waals surface area contributed by atoms with Crippen molar-refractivity contribution in [3.63, 3.8) is 0 Å². The average molecular weight is 460 g/mol. The van der Waals surface area contributed by atoms with Crippen LogP contribution in [0.1, 0.15) is 27.1 Å². The molecule has 3 aromatic rings. The molecular weight excluding hydrogens is 446 g/mol. The molecule has 0 saturated carbocycles. The van der Waals surface area contributed by atoms with E-state index < -0.39 is 15.8 Å². The third-order valence-electron chi connectivity index (χ3n) is 3.74. The highest BCUT2D eigenvalue weighted by Gasteiger charge is 2.17. The smallest absolute Gasteiger partial charge is 0.264 e. The van der Waals surface area contributed by atoms with Gasteiger partial charge in [0, 0.05) is 22.4 Å². The lowest BCUT2D eigenvalue weighted by Gasteiger charge is -2.07. The van der Waals surface area contributed by atoms with E-state index in [4.69, 9.17) is 0 Å². The van der Waals surface area contributed by atoms with Crippen LogP contribution in [0.25, 0.3) is 0 Å². The molecular formula is C19H14BrN3O4S. The van der Waals surface area contributed by atoms with E-state index in [9.17, 15) is 18.0 Å². The molecule has 9 heteroatoms. The van der Waals surface area contributed by atoms with Crippen molar-refractivity contribution < 1.29 is 18.0 Å². The SMILES string of the molecule is O=C(CC(=O)c1cnc(NS(=O)(=O)c2ccccc2)nc1)c1ccc(Br)cc1. The second kappa shape index (κ2) is 8.41. The summed E-state index contributed by atoms with van der Waals surface area (Å²) in [5.74, 6) is -0.948. The number of hydrogen-bond acceptors (Lipinski definition) is 6. The van der Waals surface area contributed by atoms with Crippen molar-refractivity contribution in [2.24, 2.45) is 0 Å². The molecule has 0 bridgehead atoms. The molecule has 0 aliphatic rings. The summed E-state index contributed by atoms with van der Waals surface area (Å²) < 4.78 is 27.6. The summed E-state index contributed by atoms with van der Waals surface area (Å²) in [7, 11) is -3.82. The Balaban J connectivity index is 1.67. The zero-order valence-electron chi connectivity index (χ0n) is 14.4. The molecule has 0 aliphatic carbocycles. The Bertz CT molecular complexity index is 1100. The molecule has 1 N–H and O–H groups in total. The quantitative estimate of drug-likeness (QED) is 0.428. The first-order valence-electron chi connectivity index (χ1n) is 8.07. The number of nitrogens with zero attached hydrogens (tertiary/aromatic N) is 2. The van der Waals surface area contributed by atoms with E-state index in [0.29, 0.717) is 5.56 Å². The fourth-order valence-corrected chi connectivity index (χ4v) is 3.53. The van der Waals surface area contributed by atoms with Crippen molar-refractivity contribution in [2.45, 2.75) is 11.3 Å². The van der Waals surface area contributed by atoms with Gasteiger partial charge in [-0.1, -0.05) is 46.3 Å². The summed E-state index contributed by atoms with van der Waals surface area (Å²) in [5.41, 5.74) is 0.540. The molecule has 3 rings (SSSR count). The number of nitrogens with one attached hydrogen (secondary N) is 1. The number of carbonyl (C=O) groups excluding carboxylic acids is 2. The highest BCUT2D eigenvalue weighted by atomic mass is 79.9. The first-order valence-corrected chi connectivity index (χ1v) is 10.3. The van der Waals surface area contributed by atoms with Crippen LogP contribution in [0.5, 0.6) is 0 Å². The van der Waals surface area contributed by atoms with Crippen molar-refractivity contribution in [2.75, 3.05) is 4.72 Å². The molecule has 7 nitrogen and oxygen atoms in total. The standard InChI is InChI=1S/C19H14BrN3O4S/c20-15-8-6-13(7-9-15)17(24)10-18(25)14-11-21-19(22-12-14)23-28(26,27)16-4-2-1-3-5-16/h1-9,11-12H,10H2,(H,21,22,23). The molecule has 0 spiro atoms. The van der Waals surface area contributed by atoms with Gasteiger partial charge in [-0.2, -0.15) is 0 Å². The van der Waals surface area contributed by atoms with Crippen molar-refractivity contribution in [3.8, 4) is 0 Å². The van der Waals surface area contributed by atoms with Crippen LogP contribution in [0.4, 0.5) is 5.95 Å². The number of halogens is 1. The van der Waals surface area contributed by atoms with E-state index in [1.54, 1.807) is 42.5 Å². The van der Waals surface area contributed by atoms with Gasteiger partial charge < -0.3 is 0 Å². The van der Waals surface area contributed by atoms with Crippen molar-refractivity contribution in [1.29, 1.82) is 0 Å². The zero-order valence-corrected chi connectivity index (χ0v) is 16.8. The maximum Gasteiger partial charge on any atom is 0.264 e. The predicted molar refractivity (Wildman–Crippen MR) is 107 cm³/mol. The molecule has 0 unspecified atom stereocenters. The largest absolute Gasteiger partial charge is 0.294 e. The van der Waals surface area contributed by atoms with Crippen LogP contribution >= 0.6 is 15.9 Å². The maximum absolute atomic E-state index is 12.3. The summed E-state index contributed by atoms with van der Waals surface area (Å²) in [4.78, 5) is 32.2. The molecule has 0 radical (unpaired) electrons. The van der Waals surface area contributed by atoms with Crippen LogP contribution in [0, 0.1) is 0 Å². The highest BCUT2D eigenvalue weighted by molar-refractivity contribution is 9.10.